The van der Waals surface area contributed by atoms with Gasteiger partial charge in [-0.25, -0.2) is 19.2 Å². The summed E-state index contributed by atoms with van der Waals surface area (Å²) in [6, 6.07) is 15.0. The minimum absolute atomic E-state index is 0.0741. The lowest BCUT2D eigenvalue weighted by Gasteiger charge is -2.12. The molecule has 41 heavy (non-hydrogen) atoms. The van der Waals surface area contributed by atoms with E-state index in [-0.39, 0.29) is 4.90 Å². The Morgan fingerprint density at radius 2 is 1.63 bits per heavy atom. The van der Waals surface area contributed by atoms with Gasteiger partial charge in [0.25, 0.3) is 10.1 Å². The monoisotopic (exact) mass is 605 g/mol. The van der Waals surface area contributed by atoms with E-state index in [1.165, 1.54) is 29.8 Å². The van der Waals surface area contributed by atoms with Crippen molar-refractivity contribution in [3.05, 3.63) is 95.9 Å². The van der Waals surface area contributed by atoms with Crippen LogP contribution in [0.15, 0.2) is 89.4 Å². The van der Waals surface area contributed by atoms with Crippen molar-refractivity contribution in [3.63, 3.8) is 0 Å². The quantitative estimate of drug-likeness (QED) is 0.132. The smallest absolute Gasteiger partial charge is 0.383 e. The molecule has 0 radical (unpaired) electrons. The molecule has 0 atom stereocenters. The highest BCUT2D eigenvalue weighted by Gasteiger charge is 2.31. The Bertz CT molecular complexity index is 1800. The predicted octanol–water partition coefficient (Wildman–Crippen LogP) is 6.68. The summed E-state index contributed by atoms with van der Waals surface area (Å²) in [4.78, 5) is 21.0. The van der Waals surface area contributed by atoms with Gasteiger partial charge >= 0.3 is 12.2 Å². The number of urea groups is 1. The fourth-order valence-electron chi connectivity index (χ4n) is 3.52. The number of thiophene rings is 1. The highest BCUT2D eigenvalue weighted by Crippen LogP contribution is 2.36. The van der Waals surface area contributed by atoms with Crippen LogP contribution >= 0.6 is 11.3 Å². The lowest BCUT2D eigenvalue weighted by molar-refractivity contribution is -0.137. The van der Waals surface area contributed by atoms with Crippen molar-refractivity contribution < 1.29 is 35.3 Å². The van der Waals surface area contributed by atoms with Crippen LogP contribution < -0.4 is 16.4 Å². The first kappa shape index (κ1) is 29.4. The molecule has 2 heterocycles. The number of fused-ring (bicyclic) bond motifs is 1. The molecular weight excluding hydrogens is 586 g/mol. The van der Waals surface area contributed by atoms with Gasteiger partial charge in [-0.3, -0.25) is 4.55 Å². The maximum absolute atomic E-state index is 13.8. The van der Waals surface area contributed by atoms with Gasteiger partial charge in [-0.05, 0) is 48.0 Å². The van der Waals surface area contributed by atoms with Crippen molar-refractivity contribution in [3.8, 4) is 11.1 Å². The van der Waals surface area contributed by atoms with E-state index in [2.05, 4.69) is 20.6 Å². The molecule has 15 heteroatoms. The fourth-order valence-corrected chi connectivity index (χ4v) is 4.94. The highest BCUT2D eigenvalue weighted by atomic mass is 32.2. The van der Waals surface area contributed by atoms with Crippen molar-refractivity contribution in [1.82, 2.24) is 9.97 Å². The minimum atomic E-state index is -4.66. The number of carbonyl (C=O) groups is 1. The third-order valence-corrected chi connectivity index (χ3v) is 7.19. The molecule has 3 aromatic carbocycles. The zero-order valence-electron chi connectivity index (χ0n) is 20.6. The van der Waals surface area contributed by atoms with E-state index in [1.807, 2.05) is 5.38 Å². The average Bonchev–Trinajstić information content (AvgIpc) is 3.36. The summed E-state index contributed by atoms with van der Waals surface area (Å²) in [5, 5.41) is 7.16. The summed E-state index contributed by atoms with van der Waals surface area (Å²) in [5.41, 5.74) is 6.30. The Morgan fingerprint density at radius 3 is 2.24 bits per heavy atom. The molecule has 0 aliphatic heterocycles. The SMILES string of the molecule is Nc1ncnc2scc(-c3ccc(NC(=O)Nc4cc(C(F)(F)F)ccc4F)cc3)c12.O=S(=O)(O)c1ccccc1. The van der Waals surface area contributed by atoms with Crippen molar-refractivity contribution in [2.24, 2.45) is 0 Å². The number of hydrogen-bond donors (Lipinski definition) is 4. The van der Waals surface area contributed by atoms with E-state index < -0.39 is 39.4 Å². The van der Waals surface area contributed by atoms with Gasteiger partial charge in [0.1, 0.15) is 22.8 Å². The lowest BCUT2D eigenvalue weighted by atomic mass is 10.1. The van der Waals surface area contributed by atoms with E-state index in [9.17, 15) is 30.8 Å². The van der Waals surface area contributed by atoms with Crippen LogP contribution in [0.3, 0.4) is 0 Å². The predicted molar refractivity (Wildman–Crippen MR) is 148 cm³/mol. The normalized spacial score (nSPS) is 11.4. The van der Waals surface area contributed by atoms with Gasteiger partial charge in [0.15, 0.2) is 0 Å². The summed E-state index contributed by atoms with van der Waals surface area (Å²) in [5.74, 6) is -0.631. The van der Waals surface area contributed by atoms with E-state index >= 15 is 0 Å². The molecule has 0 bridgehead atoms. The summed E-state index contributed by atoms with van der Waals surface area (Å²) >= 11 is 1.42. The van der Waals surface area contributed by atoms with Crippen molar-refractivity contribution >= 4 is 54.9 Å². The first-order chi connectivity index (χ1) is 19.3. The topological polar surface area (TPSA) is 147 Å². The van der Waals surface area contributed by atoms with E-state index in [0.29, 0.717) is 29.7 Å². The number of nitrogens with two attached hydrogens (primary N) is 1. The number of hydrogen-bond acceptors (Lipinski definition) is 7. The lowest BCUT2D eigenvalue weighted by Crippen LogP contribution is -2.20. The van der Waals surface area contributed by atoms with Gasteiger partial charge in [-0.1, -0.05) is 30.3 Å². The van der Waals surface area contributed by atoms with Gasteiger partial charge in [0.05, 0.1) is 21.5 Å². The second kappa shape index (κ2) is 11.9. The Hall–Kier alpha value is -4.60. The summed E-state index contributed by atoms with van der Waals surface area (Å²) < 4.78 is 81.4. The van der Waals surface area contributed by atoms with Gasteiger partial charge in [0, 0.05) is 16.6 Å². The number of nitrogens with one attached hydrogen (secondary N) is 2. The van der Waals surface area contributed by atoms with E-state index in [1.54, 1.807) is 42.5 Å². The molecule has 0 saturated carbocycles. The number of nitrogens with zero attached hydrogens (tertiary/aromatic N) is 2. The number of amides is 2. The number of benzene rings is 3. The first-order valence-corrected chi connectivity index (χ1v) is 13.7. The van der Waals surface area contributed by atoms with E-state index in [4.69, 9.17) is 10.3 Å². The molecule has 9 nitrogen and oxygen atoms in total. The van der Waals surface area contributed by atoms with Crippen molar-refractivity contribution in [1.29, 1.82) is 0 Å². The van der Waals surface area contributed by atoms with Crippen LogP contribution in [0, 0.1) is 5.82 Å². The molecule has 0 saturated heterocycles. The van der Waals surface area contributed by atoms with Crippen LogP contribution in [0.1, 0.15) is 5.56 Å². The van der Waals surface area contributed by atoms with Crippen LogP contribution in [0.2, 0.25) is 0 Å². The molecule has 0 unspecified atom stereocenters. The van der Waals surface area contributed by atoms with E-state index in [0.717, 1.165) is 21.3 Å². The fraction of sp³-hybridized carbons (Fsp3) is 0.0385. The molecule has 5 aromatic rings. The Morgan fingerprint density at radius 1 is 0.951 bits per heavy atom. The minimum Gasteiger partial charge on any atom is -0.383 e. The molecule has 212 valence electrons. The van der Waals surface area contributed by atoms with Crippen molar-refractivity contribution in [2.45, 2.75) is 11.1 Å². The third kappa shape index (κ3) is 7.33. The first-order valence-electron chi connectivity index (χ1n) is 11.4. The number of aromatic nitrogens is 2. The zero-order chi connectivity index (χ0) is 29.8. The van der Waals surface area contributed by atoms with Gasteiger partial charge in [0.2, 0.25) is 0 Å². The van der Waals surface area contributed by atoms with Crippen LogP contribution in [-0.4, -0.2) is 29.0 Å². The molecule has 2 aromatic heterocycles. The Kier molecular flexibility index (Phi) is 8.51. The summed E-state index contributed by atoms with van der Waals surface area (Å²) in [7, 11) is -4.00. The number of anilines is 3. The summed E-state index contributed by atoms with van der Waals surface area (Å²) in [6.45, 7) is 0. The molecule has 5 rings (SSSR count). The maximum atomic E-state index is 13.8. The number of alkyl halides is 3. The largest absolute Gasteiger partial charge is 0.416 e. The average molecular weight is 606 g/mol. The Labute approximate surface area is 234 Å². The van der Waals surface area contributed by atoms with Gasteiger partial charge < -0.3 is 16.4 Å². The zero-order valence-corrected chi connectivity index (χ0v) is 22.2. The Balaban J connectivity index is 0.000000328. The molecule has 0 spiro atoms. The molecule has 0 aliphatic carbocycles. The second-order valence-electron chi connectivity index (χ2n) is 8.23. The van der Waals surface area contributed by atoms with Crippen LogP contribution in [0.5, 0.6) is 0 Å². The second-order valence-corrected chi connectivity index (χ2v) is 10.5. The molecule has 5 N–H and O–H groups in total. The number of nitrogen functional groups attached to an aromatic ring is 1. The standard InChI is InChI=1S/C20H13F4N5OS.C6H6O3S/c21-14-6-3-11(20(22,23)24)7-15(14)29-19(30)28-12-4-1-10(2-5-12)13-8-31-18-16(13)17(25)26-9-27-18;7-10(8,9)6-4-2-1-3-5-6/h1-9H,(H2,25,26,27)(H2,28,29,30);1-5H,(H,7,8,9). The van der Waals surface area contributed by atoms with Gasteiger partial charge in [-0.15, -0.1) is 11.3 Å². The molecule has 0 fully saturated rings. The highest BCUT2D eigenvalue weighted by molar-refractivity contribution is 7.85. The molecule has 0 aliphatic rings. The van der Waals surface area contributed by atoms with Crippen LogP contribution in [0.25, 0.3) is 21.3 Å². The number of carbonyl (C=O) groups excluding carboxylic acids is 1. The molecular formula is C26H19F4N5O4S2. The number of halogens is 4. The van der Waals surface area contributed by atoms with Crippen LogP contribution in [-0.2, 0) is 16.3 Å². The third-order valence-electron chi connectivity index (χ3n) is 5.44. The van der Waals surface area contributed by atoms with Crippen molar-refractivity contribution in [2.75, 3.05) is 16.4 Å². The maximum Gasteiger partial charge on any atom is 0.416 e. The molecule has 2 amide bonds. The van der Waals surface area contributed by atoms with Crippen LogP contribution in [0.4, 0.5) is 39.5 Å². The number of rotatable bonds is 4. The summed E-state index contributed by atoms with van der Waals surface area (Å²) in [6.07, 6.45) is -3.27. The van der Waals surface area contributed by atoms with Gasteiger partial charge in [-0.2, -0.15) is 21.6 Å².